The molecule has 0 atom stereocenters. The molecule has 1 aromatic heterocycles. The molecule has 1 amide bonds. The van der Waals surface area contributed by atoms with Crippen molar-refractivity contribution in [1.29, 1.82) is 0 Å². The van der Waals surface area contributed by atoms with Crippen molar-refractivity contribution in [1.82, 2.24) is 10.3 Å². The van der Waals surface area contributed by atoms with Gasteiger partial charge in [-0.2, -0.15) is 0 Å². The minimum absolute atomic E-state index is 0.0623. The van der Waals surface area contributed by atoms with Crippen LogP contribution in [0.2, 0.25) is 0 Å². The summed E-state index contributed by atoms with van der Waals surface area (Å²) < 4.78 is 0. The van der Waals surface area contributed by atoms with Crippen molar-refractivity contribution in [2.75, 3.05) is 13.2 Å². The Morgan fingerprint density at radius 3 is 3.00 bits per heavy atom. The first-order chi connectivity index (χ1) is 9.19. The SMILES string of the molecule is Cc1ccc2nc(/C=C/C(=O)NCCO)ccc2c1. The standard InChI is InChI=1S/C15H16N2O2/c1-11-2-6-14-12(10-11)3-4-13(17-14)5-7-15(19)16-8-9-18/h2-7,10,18H,8-9H2,1H3,(H,16,19)/b7-5+. The van der Waals surface area contributed by atoms with Crippen molar-refractivity contribution in [2.45, 2.75) is 6.92 Å². The minimum atomic E-state index is -0.236. The number of aliphatic hydroxyl groups excluding tert-OH is 1. The Bertz CT molecular complexity index is 621. The quantitative estimate of drug-likeness (QED) is 0.818. The molecule has 2 N–H and O–H groups in total. The summed E-state index contributed by atoms with van der Waals surface area (Å²) >= 11 is 0. The van der Waals surface area contributed by atoms with Gasteiger partial charge in [0.1, 0.15) is 0 Å². The van der Waals surface area contributed by atoms with E-state index in [0.717, 1.165) is 16.6 Å². The minimum Gasteiger partial charge on any atom is -0.395 e. The van der Waals surface area contributed by atoms with E-state index >= 15 is 0 Å². The maximum absolute atomic E-state index is 11.3. The first kappa shape index (κ1) is 13.2. The molecule has 0 aliphatic carbocycles. The van der Waals surface area contributed by atoms with E-state index < -0.39 is 0 Å². The zero-order chi connectivity index (χ0) is 13.7. The zero-order valence-electron chi connectivity index (χ0n) is 10.8. The molecule has 2 rings (SSSR count). The molecule has 0 spiro atoms. The second kappa shape index (κ2) is 6.11. The molecule has 98 valence electrons. The number of aliphatic hydroxyl groups is 1. The number of hydrogen-bond acceptors (Lipinski definition) is 3. The highest BCUT2D eigenvalue weighted by Gasteiger charge is 1.98. The number of amides is 1. The lowest BCUT2D eigenvalue weighted by molar-refractivity contribution is -0.116. The number of nitrogens with zero attached hydrogens (tertiary/aromatic N) is 1. The third-order valence-electron chi connectivity index (χ3n) is 2.68. The Hall–Kier alpha value is -2.20. The number of carbonyl (C=O) groups excluding carboxylic acids is 1. The van der Waals surface area contributed by atoms with Gasteiger partial charge in [-0.3, -0.25) is 4.79 Å². The van der Waals surface area contributed by atoms with Crippen LogP contribution < -0.4 is 5.32 Å². The molecule has 1 aromatic carbocycles. The fourth-order valence-corrected chi connectivity index (χ4v) is 1.75. The molecular formula is C15H16N2O2. The number of carbonyl (C=O) groups is 1. The molecule has 4 nitrogen and oxygen atoms in total. The zero-order valence-corrected chi connectivity index (χ0v) is 10.8. The van der Waals surface area contributed by atoms with Gasteiger partial charge in [-0.05, 0) is 31.2 Å². The van der Waals surface area contributed by atoms with Gasteiger partial charge in [-0.1, -0.05) is 17.7 Å². The lowest BCUT2D eigenvalue weighted by Crippen LogP contribution is -2.24. The molecule has 0 saturated carbocycles. The predicted molar refractivity (Wildman–Crippen MR) is 75.6 cm³/mol. The van der Waals surface area contributed by atoms with Crippen LogP contribution in [0.3, 0.4) is 0 Å². The van der Waals surface area contributed by atoms with Crippen molar-refractivity contribution in [2.24, 2.45) is 0 Å². The number of pyridine rings is 1. The van der Waals surface area contributed by atoms with Gasteiger partial charge in [0, 0.05) is 18.0 Å². The van der Waals surface area contributed by atoms with E-state index in [1.165, 1.54) is 11.6 Å². The Balaban J connectivity index is 2.15. The molecule has 4 heteroatoms. The summed E-state index contributed by atoms with van der Waals surface area (Å²) in [4.78, 5) is 15.8. The molecular weight excluding hydrogens is 240 g/mol. The number of nitrogens with one attached hydrogen (secondary N) is 1. The van der Waals surface area contributed by atoms with E-state index in [1.54, 1.807) is 6.08 Å². The van der Waals surface area contributed by atoms with Crippen LogP contribution in [-0.2, 0) is 4.79 Å². The third-order valence-corrected chi connectivity index (χ3v) is 2.68. The number of fused-ring (bicyclic) bond motifs is 1. The summed E-state index contributed by atoms with van der Waals surface area (Å²) in [6, 6.07) is 9.91. The van der Waals surface area contributed by atoms with Crippen molar-refractivity contribution in [3.05, 3.63) is 47.7 Å². The van der Waals surface area contributed by atoms with E-state index in [0.29, 0.717) is 0 Å². The average molecular weight is 256 g/mol. The lowest BCUT2D eigenvalue weighted by atomic mass is 10.1. The summed E-state index contributed by atoms with van der Waals surface area (Å²) in [6.07, 6.45) is 3.07. The summed E-state index contributed by atoms with van der Waals surface area (Å²) in [5.41, 5.74) is 2.83. The van der Waals surface area contributed by atoms with Gasteiger partial charge in [-0.15, -0.1) is 0 Å². The Morgan fingerprint density at radius 1 is 1.37 bits per heavy atom. The van der Waals surface area contributed by atoms with Crippen LogP contribution >= 0.6 is 0 Å². The fraction of sp³-hybridized carbons (Fsp3) is 0.200. The van der Waals surface area contributed by atoms with Crippen molar-refractivity contribution >= 4 is 22.9 Å². The Morgan fingerprint density at radius 2 is 2.21 bits per heavy atom. The number of aromatic nitrogens is 1. The van der Waals surface area contributed by atoms with Gasteiger partial charge in [-0.25, -0.2) is 4.98 Å². The summed E-state index contributed by atoms with van der Waals surface area (Å²) in [5.74, 6) is -0.236. The molecule has 0 fully saturated rings. The second-order valence-electron chi connectivity index (χ2n) is 4.28. The van der Waals surface area contributed by atoms with Crippen molar-refractivity contribution in [3.8, 4) is 0 Å². The van der Waals surface area contributed by atoms with Gasteiger partial charge < -0.3 is 10.4 Å². The Labute approximate surface area is 111 Å². The van der Waals surface area contributed by atoms with Crippen LogP contribution in [0.15, 0.2) is 36.4 Å². The summed E-state index contributed by atoms with van der Waals surface area (Å²) in [5, 5.41) is 12.2. The van der Waals surface area contributed by atoms with E-state index in [2.05, 4.69) is 16.4 Å². The van der Waals surface area contributed by atoms with Crippen LogP contribution in [0, 0.1) is 6.92 Å². The fourth-order valence-electron chi connectivity index (χ4n) is 1.75. The number of hydrogen-bond donors (Lipinski definition) is 2. The topological polar surface area (TPSA) is 62.2 Å². The van der Waals surface area contributed by atoms with Crippen LogP contribution in [0.25, 0.3) is 17.0 Å². The van der Waals surface area contributed by atoms with Gasteiger partial charge in [0.05, 0.1) is 17.8 Å². The molecule has 0 bridgehead atoms. The average Bonchev–Trinajstić information content (AvgIpc) is 2.42. The highest BCUT2D eigenvalue weighted by molar-refractivity contribution is 5.91. The smallest absolute Gasteiger partial charge is 0.244 e. The Kier molecular flexibility index (Phi) is 4.26. The lowest BCUT2D eigenvalue weighted by Gasteiger charge is -2.01. The number of aryl methyl sites for hydroxylation is 1. The van der Waals surface area contributed by atoms with E-state index in [4.69, 9.17) is 5.11 Å². The molecule has 0 aliphatic rings. The van der Waals surface area contributed by atoms with E-state index in [9.17, 15) is 4.79 Å². The molecule has 0 aliphatic heterocycles. The normalized spacial score (nSPS) is 11.1. The van der Waals surface area contributed by atoms with E-state index in [-0.39, 0.29) is 19.1 Å². The molecule has 0 saturated heterocycles. The first-order valence-electron chi connectivity index (χ1n) is 6.13. The second-order valence-corrected chi connectivity index (χ2v) is 4.28. The highest BCUT2D eigenvalue weighted by Crippen LogP contribution is 2.14. The summed E-state index contributed by atoms with van der Waals surface area (Å²) in [7, 11) is 0. The molecule has 0 radical (unpaired) electrons. The number of benzene rings is 1. The van der Waals surface area contributed by atoms with Gasteiger partial charge in [0.25, 0.3) is 0 Å². The highest BCUT2D eigenvalue weighted by atomic mass is 16.3. The predicted octanol–water partition coefficient (Wildman–Crippen LogP) is 1.66. The monoisotopic (exact) mass is 256 g/mol. The third kappa shape index (κ3) is 3.63. The largest absolute Gasteiger partial charge is 0.395 e. The molecule has 19 heavy (non-hydrogen) atoms. The van der Waals surface area contributed by atoms with Crippen molar-refractivity contribution < 1.29 is 9.90 Å². The van der Waals surface area contributed by atoms with Gasteiger partial charge in [0.2, 0.25) is 5.91 Å². The summed E-state index contributed by atoms with van der Waals surface area (Å²) in [6.45, 7) is 2.24. The first-order valence-corrected chi connectivity index (χ1v) is 6.13. The van der Waals surface area contributed by atoms with E-state index in [1.807, 2.05) is 31.2 Å². The van der Waals surface area contributed by atoms with Crippen LogP contribution in [0.5, 0.6) is 0 Å². The van der Waals surface area contributed by atoms with Crippen molar-refractivity contribution in [3.63, 3.8) is 0 Å². The van der Waals surface area contributed by atoms with Gasteiger partial charge in [0.15, 0.2) is 0 Å². The van der Waals surface area contributed by atoms with Gasteiger partial charge >= 0.3 is 0 Å². The van der Waals surface area contributed by atoms with Crippen LogP contribution in [0.1, 0.15) is 11.3 Å². The van der Waals surface area contributed by atoms with Crippen LogP contribution in [-0.4, -0.2) is 29.1 Å². The number of rotatable bonds is 4. The molecule has 1 heterocycles. The maximum atomic E-state index is 11.3. The molecule has 0 unspecified atom stereocenters. The maximum Gasteiger partial charge on any atom is 0.244 e. The molecule has 2 aromatic rings. The van der Waals surface area contributed by atoms with Crippen LogP contribution in [0.4, 0.5) is 0 Å².